The minimum Gasteiger partial charge on any atom is -0.396 e. The van der Waals surface area contributed by atoms with Gasteiger partial charge in [0.2, 0.25) is 0 Å². The molecule has 0 atom stereocenters. The molecule has 0 radical (unpaired) electrons. The molecule has 0 spiro atoms. The van der Waals surface area contributed by atoms with E-state index in [4.69, 9.17) is 5.73 Å². The molecule has 0 heterocycles. The molecular formula is C18H29N3O. The van der Waals surface area contributed by atoms with Crippen LogP contribution in [0.25, 0.3) is 0 Å². The van der Waals surface area contributed by atoms with Crippen LogP contribution in [0.1, 0.15) is 49.7 Å². The lowest BCUT2D eigenvalue weighted by molar-refractivity contribution is 0.137. The van der Waals surface area contributed by atoms with Crippen LogP contribution in [0.4, 0.5) is 5.69 Å². The molecule has 4 heteroatoms. The number of benzene rings is 1. The molecule has 1 aliphatic rings. The molecule has 0 aromatic heterocycles. The molecule has 122 valence electrons. The summed E-state index contributed by atoms with van der Waals surface area (Å²) in [7, 11) is 0. The lowest BCUT2D eigenvalue weighted by Gasteiger charge is -2.35. The normalized spacial score (nSPS) is 18.2. The van der Waals surface area contributed by atoms with E-state index in [9.17, 15) is 5.11 Å². The highest BCUT2D eigenvalue weighted by atomic mass is 16.3. The fourth-order valence-corrected chi connectivity index (χ4v) is 3.29. The van der Waals surface area contributed by atoms with Gasteiger partial charge in [0.1, 0.15) is 0 Å². The zero-order valence-corrected chi connectivity index (χ0v) is 13.9. The molecule has 0 aliphatic heterocycles. The van der Waals surface area contributed by atoms with Gasteiger partial charge in [-0.25, -0.2) is 0 Å². The Labute approximate surface area is 133 Å². The van der Waals surface area contributed by atoms with Gasteiger partial charge in [0.25, 0.3) is 0 Å². The average molecular weight is 303 g/mol. The van der Waals surface area contributed by atoms with E-state index in [2.05, 4.69) is 36.3 Å². The Morgan fingerprint density at radius 2 is 1.95 bits per heavy atom. The largest absolute Gasteiger partial charge is 0.396 e. The number of aliphatic hydroxyl groups excluding tert-OH is 1. The summed E-state index contributed by atoms with van der Waals surface area (Å²) in [6.45, 7) is 5.13. The first kappa shape index (κ1) is 16.8. The van der Waals surface area contributed by atoms with E-state index in [0.29, 0.717) is 12.5 Å². The monoisotopic (exact) mass is 303 g/mol. The van der Waals surface area contributed by atoms with Crippen LogP contribution in [0.5, 0.6) is 0 Å². The second kappa shape index (κ2) is 7.63. The molecule has 1 aromatic carbocycles. The molecule has 4 N–H and O–H groups in total. The molecule has 1 aromatic rings. The third-order valence-electron chi connectivity index (χ3n) is 4.92. The van der Waals surface area contributed by atoms with Crippen LogP contribution in [-0.2, 0) is 0 Å². The summed E-state index contributed by atoms with van der Waals surface area (Å²) in [5.41, 5.74) is 9.67. The highest BCUT2D eigenvalue weighted by Crippen LogP contribution is 2.39. The van der Waals surface area contributed by atoms with Gasteiger partial charge < -0.3 is 16.2 Å². The Hall–Kier alpha value is -1.55. The van der Waals surface area contributed by atoms with Gasteiger partial charge in [-0.15, -0.1) is 0 Å². The molecule has 0 unspecified atom stereocenters. The van der Waals surface area contributed by atoms with Crippen molar-refractivity contribution in [3.8, 4) is 0 Å². The highest BCUT2D eigenvalue weighted by molar-refractivity contribution is 5.92. The second-order valence-corrected chi connectivity index (χ2v) is 6.66. The van der Waals surface area contributed by atoms with Gasteiger partial charge in [-0.1, -0.05) is 25.3 Å². The quantitative estimate of drug-likeness (QED) is 0.577. The predicted molar refractivity (Wildman–Crippen MR) is 93.2 cm³/mol. The van der Waals surface area contributed by atoms with Gasteiger partial charge in [0, 0.05) is 18.8 Å². The van der Waals surface area contributed by atoms with Crippen LogP contribution in [0, 0.1) is 19.3 Å². The van der Waals surface area contributed by atoms with Crippen molar-refractivity contribution in [2.24, 2.45) is 16.1 Å². The minimum atomic E-state index is 0.141. The van der Waals surface area contributed by atoms with Crippen molar-refractivity contribution in [3.05, 3.63) is 29.3 Å². The Balaban J connectivity index is 1.99. The maximum Gasteiger partial charge on any atom is 0.193 e. The Morgan fingerprint density at radius 3 is 2.59 bits per heavy atom. The number of nitrogens with two attached hydrogens (primary N) is 1. The number of hydrogen-bond acceptors (Lipinski definition) is 2. The van der Waals surface area contributed by atoms with E-state index in [0.717, 1.165) is 24.9 Å². The number of aliphatic imine (C=N–C) groups is 1. The van der Waals surface area contributed by atoms with Crippen molar-refractivity contribution < 1.29 is 5.11 Å². The summed E-state index contributed by atoms with van der Waals surface area (Å²) in [5, 5.41) is 12.5. The van der Waals surface area contributed by atoms with Gasteiger partial charge in [-0.3, -0.25) is 4.99 Å². The average Bonchev–Trinajstić information content (AvgIpc) is 2.50. The zero-order chi connectivity index (χ0) is 16.0. The van der Waals surface area contributed by atoms with Crippen molar-refractivity contribution in [2.75, 3.05) is 18.5 Å². The van der Waals surface area contributed by atoms with Crippen LogP contribution in [-0.4, -0.2) is 24.2 Å². The second-order valence-electron chi connectivity index (χ2n) is 6.66. The lowest BCUT2D eigenvalue weighted by atomic mass is 9.72. The summed E-state index contributed by atoms with van der Waals surface area (Å²) in [6.07, 6.45) is 6.89. The van der Waals surface area contributed by atoms with Crippen molar-refractivity contribution in [1.82, 2.24) is 0 Å². The fraction of sp³-hybridized carbons (Fsp3) is 0.611. The summed E-state index contributed by atoms with van der Waals surface area (Å²) in [6, 6.07) is 6.19. The first-order valence-electron chi connectivity index (χ1n) is 8.30. The third-order valence-corrected chi connectivity index (χ3v) is 4.92. The summed E-state index contributed by atoms with van der Waals surface area (Å²) in [4.78, 5) is 4.56. The van der Waals surface area contributed by atoms with Crippen LogP contribution < -0.4 is 11.1 Å². The SMILES string of the molecule is Cc1ccc(NC(N)=NCC2(CCO)CCCCC2)cc1C. The number of hydrogen-bond donors (Lipinski definition) is 3. The van der Waals surface area contributed by atoms with E-state index >= 15 is 0 Å². The molecule has 1 aliphatic carbocycles. The lowest BCUT2D eigenvalue weighted by Crippen LogP contribution is -2.31. The van der Waals surface area contributed by atoms with Gasteiger partial charge in [0.15, 0.2) is 5.96 Å². The van der Waals surface area contributed by atoms with Crippen LogP contribution in [0.3, 0.4) is 0 Å². The number of anilines is 1. The van der Waals surface area contributed by atoms with Crippen LogP contribution in [0.2, 0.25) is 0 Å². The number of guanidine groups is 1. The summed E-state index contributed by atoms with van der Waals surface area (Å²) >= 11 is 0. The van der Waals surface area contributed by atoms with Crippen molar-refractivity contribution in [3.63, 3.8) is 0 Å². The number of rotatable bonds is 5. The number of aryl methyl sites for hydroxylation is 2. The Morgan fingerprint density at radius 1 is 1.23 bits per heavy atom. The minimum absolute atomic E-state index is 0.141. The molecule has 2 rings (SSSR count). The van der Waals surface area contributed by atoms with Gasteiger partial charge in [-0.2, -0.15) is 0 Å². The first-order chi connectivity index (χ1) is 10.5. The number of aliphatic hydroxyl groups is 1. The van der Waals surface area contributed by atoms with Crippen molar-refractivity contribution in [2.45, 2.75) is 52.4 Å². The van der Waals surface area contributed by atoms with Crippen LogP contribution >= 0.6 is 0 Å². The van der Waals surface area contributed by atoms with E-state index < -0.39 is 0 Å². The first-order valence-corrected chi connectivity index (χ1v) is 8.30. The fourth-order valence-electron chi connectivity index (χ4n) is 3.29. The van der Waals surface area contributed by atoms with E-state index in [1.165, 1.54) is 30.4 Å². The van der Waals surface area contributed by atoms with Crippen molar-refractivity contribution in [1.29, 1.82) is 0 Å². The molecule has 0 bridgehead atoms. The standard InChI is InChI=1S/C18H29N3O/c1-14-6-7-16(12-15(14)2)21-17(19)20-13-18(10-11-22)8-4-3-5-9-18/h6-7,12,22H,3-5,8-11,13H2,1-2H3,(H3,19,20,21). The molecule has 1 saturated carbocycles. The Kier molecular flexibility index (Phi) is 5.83. The van der Waals surface area contributed by atoms with E-state index in [1.54, 1.807) is 0 Å². The van der Waals surface area contributed by atoms with Crippen molar-refractivity contribution >= 4 is 11.6 Å². The smallest absolute Gasteiger partial charge is 0.193 e. The summed E-state index contributed by atoms with van der Waals surface area (Å²) in [5.74, 6) is 0.464. The molecule has 4 nitrogen and oxygen atoms in total. The Bertz CT molecular complexity index is 514. The highest BCUT2D eigenvalue weighted by Gasteiger charge is 2.31. The zero-order valence-electron chi connectivity index (χ0n) is 13.9. The predicted octanol–water partition coefficient (Wildman–Crippen LogP) is 3.36. The topological polar surface area (TPSA) is 70.6 Å². The molecular weight excluding hydrogens is 274 g/mol. The third kappa shape index (κ3) is 4.47. The van der Waals surface area contributed by atoms with Gasteiger partial charge in [0.05, 0.1) is 0 Å². The maximum absolute atomic E-state index is 9.35. The van der Waals surface area contributed by atoms with E-state index in [-0.39, 0.29) is 12.0 Å². The summed E-state index contributed by atoms with van der Waals surface area (Å²) < 4.78 is 0. The van der Waals surface area contributed by atoms with Crippen LogP contribution in [0.15, 0.2) is 23.2 Å². The van der Waals surface area contributed by atoms with Gasteiger partial charge in [-0.05, 0) is 61.8 Å². The maximum atomic E-state index is 9.35. The van der Waals surface area contributed by atoms with E-state index in [1.807, 2.05) is 6.07 Å². The molecule has 22 heavy (non-hydrogen) atoms. The number of nitrogens with one attached hydrogen (secondary N) is 1. The van der Waals surface area contributed by atoms with Gasteiger partial charge >= 0.3 is 0 Å². The number of nitrogens with zero attached hydrogens (tertiary/aromatic N) is 1. The molecule has 0 amide bonds. The molecule has 1 fully saturated rings. The molecule has 0 saturated heterocycles.